The smallest absolute Gasteiger partial charge is 0.407 e. The van der Waals surface area contributed by atoms with E-state index in [0.717, 1.165) is 0 Å². The Kier molecular flexibility index (Phi) is 4.74. The van der Waals surface area contributed by atoms with E-state index in [4.69, 9.17) is 9.84 Å². The van der Waals surface area contributed by atoms with Crippen LogP contribution in [0.3, 0.4) is 0 Å². The highest BCUT2D eigenvalue weighted by molar-refractivity contribution is 5.80. The van der Waals surface area contributed by atoms with Gasteiger partial charge in [0.2, 0.25) is 0 Å². The molecule has 4 atom stereocenters. The zero-order valence-corrected chi connectivity index (χ0v) is 10.3. The Morgan fingerprint density at radius 1 is 1.35 bits per heavy atom. The summed E-state index contributed by atoms with van der Waals surface area (Å²) in [7, 11) is 1.21. The highest BCUT2D eigenvalue weighted by Crippen LogP contribution is 2.27. The van der Waals surface area contributed by atoms with E-state index < -0.39 is 18.1 Å². The SMILES string of the molecule is COC(=O)N[C@H](C(=O)O)[C@H]1C[C@@H](C)O[C@@H](C)C1. The van der Waals surface area contributed by atoms with Gasteiger partial charge in [0.1, 0.15) is 6.04 Å². The third kappa shape index (κ3) is 3.89. The Hall–Kier alpha value is -1.30. The topological polar surface area (TPSA) is 84.9 Å². The van der Waals surface area contributed by atoms with Gasteiger partial charge in [-0.1, -0.05) is 0 Å². The van der Waals surface area contributed by atoms with Crippen molar-refractivity contribution >= 4 is 12.1 Å². The van der Waals surface area contributed by atoms with E-state index in [9.17, 15) is 9.59 Å². The molecule has 0 aliphatic carbocycles. The lowest BCUT2D eigenvalue weighted by Gasteiger charge is -2.35. The van der Waals surface area contributed by atoms with Crippen LogP contribution in [0.15, 0.2) is 0 Å². The number of hydrogen-bond donors (Lipinski definition) is 2. The third-order valence-electron chi connectivity index (χ3n) is 2.93. The largest absolute Gasteiger partial charge is 0.480 e. The van der Waals surface area contributed by atoms with Crippen LogP contribution < -0.4 is 5.32 Å². The molecular weight excluding hydrogens is 226 g/mol. The van der Waals surface area contributed by atoms with Crippen LogP contribution >= 0.6 is 0 Å². The van der Waals surface area contributed by atoms with Gasteiger partial charge in [0.05, 0.1) is 19.3 Å². The molecule has 1 aliphatic heterocycles. The maximum atomic E-state index is 11.2. The average molecular weight is 245 g/mol. The third-order valence-corrected chi connectivity index (χ3v) is 2.93. The van der Waals surface area contributed by atoms with Crippen molar-refractivity contribution in [1.82, 2.24) is 5.32 Å². The summed E-state index contributed by atoms with van der Waals surface area (Å²) in [6.45, 7) is 3.80. The summed E-state index contributed by atoms with van der Waals surface area (Å²) < 4.78 is 9.97. The van der Waals surface area contributed by atoms with Gasteiger partial charge in [0, 0.05) is 0 Å². The number of amides is 1. The molecule has 17 heavy (non-hydrogen) atoms. The van der Waals surface area contributed by atoms with Crippen LogP contribution in [0.5, 0.6) is 0 Å². The first-order valence-electron chi connectivity index (χ1n) is 5.66. The van der Waals surface area contributed by atoms with Crippen LogP contribution in [0.4, 0.5) is 4.79 Å². The molecule has 0 aromatic heterocycles. The number of alkyl carbamates (subject to hydrolysis) is 1. The quantitative estimate of drug-likeness (QED) is 0.774. The first-order valence-corrected chi connectivity index (χ1v) is 5.66. The van der Waals surface area contributed by atoms with Gasteiger partial charge < -0.3 is 19.9 Å². The minimum Gasteiger partial charge on any atom is -0.480 e. The Bertz CT molecular complexity index is 284. The maximum Gasteiger partial charge on any atom is 0.407 e. The van der Waals surface area contributed by atoms with Gasteiger partial charge >= 0.3 is 12.1 Å². The molecule has 1 heterocycles. The summed E-state index contributed by atoms with van der Waals surface area (Å²) in [4.78, 5) is 22.3. The van der Waals surface area contributed by atoms with Crippen LogP contribution in [0.1, 0.15) is 26.7 Å². The number of carboxylic acids is 1. The summed E-state index contributed by atoms with van der Waals surface area (Å²) in [6, 6.07) is -0.920. The number of ether oxygens (including phenoxy) is 2. The molecule has 6 heteroatoms. The predicted octanol–water partition coefficient (Wildman–Crippen LogP) is 0.999. The summed E-state index contributed by atoms with van der Waals surface area (Å²) in [6.07, 6.45) is 0.524. The number of rotatable bonds is 3. The monoisotopic (exact) mass is 245 g/mol. The van der Waals surface area contributed by atoms with Gasteiger partial charge in [-0.15, -0.1) is 0 Å². The molecular formula is C11H19NO5. The Labute approximate surface area is 100 Å². The van der Waals surface area contributed by atoms with Crippen molar-refractivity contribution in [2.75, 3.05) is 7.11 Å². The number of carbonyl (C=O) groups excluding carboxylic acids is 1. The molecule has 2 N–H and O–H groups in total. The molecule has 98 valence electrons. The van der Waals surface area contributed by atoms with Gasteiger partial charge in [-0.3, -0.25) is 0 Å². The Morgan fingerprint density at radius 2 is 1.88 bits per heavy atom. The molecule has 1 fully saturated rings. The second kappa shape index (κ2) is 5.86. The summed E-state index contributed by atoms with van der Waals surface area (Å²) in [5.41, 5.74) is 0. The van der Waals surface area contributed by atoms with Crippen LogP contribution in [-0.4, -0.2) is 42.5 Å². The molecule has 0 aromatic carbocycles. The van der Waals surface area contributed by atoms with Crippen molar-refractivity contribution in [3.05, 3.63) is 0 Å². The second-order valence-electron chi connectivity index (χ2n) is 4.44. The lowest BCUT2D eigenvalue weighted by Crippen LogP contribution is -2.49. The van der Waals surface area contributed by atoms with Crippen molar-refractivity contribution in [1.29, 1.82) is 0 Å². The molecule has 0 aromatic rings. The zero-order chi connectivity index (χ0) is 13.0. The van der Waals surface area contributed by atoms with Gasteiger partial charge in [0.25, 0.3) is 0 Å². The van der Waals surface area contributed by atoms with E-state index in [2.05, 4.69) is 10.1 Å². The van der Waals surface area contributed by atoms with Crippen LogP contribution in [0, 0.1) is 5.92 Å². The van der Waals surface area contributed by atoms with Gasteiger partial charge in [0.15, 0.2) is 0 Å². The number of carbonyl (C=O) groups is 2. The summed E-state index contributed by atoms with van der Waals surface area (Å²) in [5.74, 6) is -1.17. The minimum atomic E-state index is -1.04. The number of carboxylic acid groups (broad SMARTS) is 1. The fraction of sp³-hybridized carbons (Fsp3) is 0.818. The van der Waals surface area contributed by atoms with E-state index in [1.165, 1.54) is 7.11 Å². The van der Waals surface area contributed by atoms with E-state index in [-0.39, 0.29) is 18.1 Å². The molecule has 6 nitrogen and oxygen atoms in total. The van der Waals surface area contributed by atoms with Crippen molar-refractivity contribution < 1.29 is 24.2 Å². The first-order chi connectivity index (χ1) is 7.93. The zero-order valence-electron chi connectivity index (χ0n) is 10.3. The van der Waals surface area contributed by atoms with Gasteiger partial charge in [-0.2, -0.15) is 0 Å². The summed E-state index contributed by atoms with van der Waals surface area (Å²) in [5, 5.41) is 11.5. The fourth-order valence-electron chi connectivity index (χ4n) is 2.30. The molecule has 1 aliphatic rings. The van der Waals surface area contributed by atoms with E-state index in [1.807, 2.05) is 13.8 Å². The van der Waals surface area contributed by atoms with Crippen LogP contribution in [0.25, 0.3) is 0 Å². The van der Waals surface area contributed by atoms with Gasteiger partial charge in [-0.05, 0) is 32.6 Å². The summed E-state index contributed by atoms with van der Waals surface area (Å²) >= 11 is 0. The Balaban J connectivity index is 2.69. The highest BCUT2D eigenvalue weighted by Gasteiger charge is 2.35. The lowest BCUT2D eigenvalue weighted by atomic mass is 9.86. The second-order valence-corrected chi connectivity index (χ2v) is 4.44. The highest BCUT2D eigenvalue weighted by atomic mass is 16.5. The molecule has 1 rings (SSSR count). The van der Waals surface area contributed by atoms with Crippen molar-refractivity contribution in [3.8, 4) is 0 Å². The molecule has 0 radical (unpaired) electrons. The molecule has 0 spiro atoms. The molecule has 0 saturated carbocycles. The van der Waals surface area contributed by atoms with E-state index >= 15 is 0 Å². The van der Waals surface area contributed by atoms with Gasteiger partial charge in [-0.25, -0.2) is 9.59 Å². The lowest BCUT2D eigenvalue weighted by molar-refractivity contribution is -0.143. The van der Waals surface area contributed by atoms with Crippen LogP contribution in [-0.2, 0) is 14.3 Å². The molecule has 0 bridgehead atoms. The van der Waals surface area contributed by atoms with Crippen molar-refractivity contribution in [2.45, 2.75) is 44.9 Å². The Morgan fingerprint density at radius 3 is 2.29 bits per heavy atom. The minimum absolute atomic E-state index is 0.00467. The molecule has 0 unspecified atom stereocenters. The van der Waals surface area contributed by atoms with Crippen molar-refractivity contribution in [2.24, 2.45) is 5.92 Å². The average Bonchev–Trinajstić information content (AvgIpc) is 2.23. The standard InChI is InChI=1S/C11H19NO5/c1-6-4-8(5-7(2)17-6)9(10(13)14)12-11(15)16-3/h6-9H,4-5H2,1-3H3,(H,12,15)(H,13,14)/t6-,7+,8+,9-/m0/s1. The molecule has 1 saturated heterocycles. The number of methoxy groups -OCH3 is 1. The number of hydrogen-bond acceptors (Lipinski definition) is 4. The number of nitrogens with one attached hydrogen (secondary N) is 1. The normalized spacial score (nSPS) is 30.4. The van der Waals surface area contributed by atoms with E-state index in [0.29, 0.717) is 12.8 Å². The van der Waals surface area contributed by atoms with Crippen molar-refractivity contribution in [3.63, 3.8) is 0 Å². The molecule has 1 amide bonds. The number of aliphatic carboxylic acids is 1. The van der Waals surface area contributed by atoms with E-state index in [1.54, 1.807) is 0 Å². The fourth-order valence-corrected chi connectivity index (χ4v) is 2.30. The first kappa shape index (κ1) is 13.8. The maximum absolute atomic E-state index is 11.2. The van der Waals surface area contributed by atoms with Crippen LogP contribution in [0.2, 0.25) is 0 Å². The predicted molar refractivity (Wildman–Crippen MR) is 59.7 cm³/mol.